The molecule has 21 heavy (non-hydrogen) atoms. The quantitative estimate of drug-likeness (QED) is 0.541. The molecule has 0 amide bonds. The lowest BCUT2D eigenvalue weighted by Crippen LogP contribution is -2.12. The Hall–Kier alpha value is -2.22. The lowest BCUT2D eigenvalue weighted by molar-refractivity contribution is 0.0380. The number of carbonyl (C=O) groups is 1. The Morgan fingerprint density at radius 3 is 2.86 bits per heavy atom. The highest BCUT2D eigenvalue weighted by molar-refractivity contribution is 5.88. The van der Waals surface area contributed by atoms with E-state index in [1.807, 2.05) is 17.8 Å². The molecule has 0 saturated carbocycles. The van der Waals surface area contributed by atoms with E-state index in [9.17, 15) is 4.79 Å². The molecule has 0 aromatic carbocycles. The Morgan fingerprint density at radius 1 is 1.38 bits per heavy atom. The fourth-order valence-corrected chi connectivity index (χ4v) is 1.89. The number of imidazole rings is 1. The number of rotatable bonds is 7. The summed E-state index contributed by atoms with van der Waals surface area (Å²) >= 11 is 0. The van der Waals surface area contributed by atoms with E-state index in [0.717, 1.165) is 5.82 Å². The third kappa shape index (κ3) is 3.66. The van der Waals surface area contributed by atoms with Crippen LogP contribution in [0.15, 0.2) is 12.4 Å². The van der Waals surface area contributed by atoms with E-state index in [2.05, 4.69) is 15.3 Å². The van der Waals surface area contributed by atoms with Crippen molar-refractivity contribution in [2.24, 2.45) is 7.05 Å². The molecule has 0 aliphatic rings. The van der Waals surface area contributed by atoms with Crippen LogP contribution in [0, 0.1) is 6.92 Å². The number of hydrogen-bond acceptors (Lipinski definition) is 6. The zero-order valence-corrected chi connectivity index (χ0v) is 12.4. The van der Waals surface area contributed by atoms with Crippen molar-refractivity contribution in [3.8, 4) is 0 Å². The van der Waals surface area contributed by atoms with Crippen LogP contribution in [0.1, 0.15) is 22.0 Å². The number of aromatic nitrogens is 5. The van der Waals surface area contributed by atoms with Gasteiger partial charge >= 0.3 is 5.97 Å². The molecule has 0 saturated heterocycles. The first-order valence-electron chi connectivity index (χ1n) is 6.65. The van der Waals surface area contributed by atoms with Crippen LogP contribution >= 0.6 is 0 Å². The second-order valence-corrected chi connectivity index (χ2v) is 4.58. The largest absolute Gasteiger partial charge is 0.458 e. The predicted molar refractivity (Wildman–Crippen MR) is 73.8 cm³/mol. The van der Waals surface area contributed by atoms with Gasteiger partial charge in [-0.15, -0.1) is 5.10 Å². The lowest BCUT2D eigenvalue weighted by atomic mass is 10.3. The van der Waals surface area contributed by atoms with Crippen molar-refractivity contribution in [3.05, 3.63) is 29.6 Å². The number of methoxy groups -OCH3 is 1. The molecule has 0 fully saturated rings. The zero-order chi connectivity index (χ0) is 15.2. The van der Waals surface area contributed by atoms with Crippen molar-refractivity contribution < 1.29 is 14.3 Å². The van der Waals surface area contributed by atoms with Crippen LogP contribution in [0.3, 0.4) is 0 Å². The molecule has 0 bridgehead atoms. The van der Waals surface area contributed by atoms with Crippen LogP contribution in [0.2, 0.25) is 0 Å². The van der Waals surface area contributed by atoms with Crippen LogP contribution < -0.4 is 0 Å². The maximum absolute atomic E-state index is 11.8. The second-order valence-electron chi connectivity index (χ2n) is 4.58. The zero-order valence-electron chi connectivity index (χ0n) is 12.4. The molecule has 2 rings (SSSR count). The maximum Gasteiger partial charge on any atom is 0.360 e. The van der Waals surface area contributed by atoms with Gasteiger partial charge in [-0.1, -0.05) is 5.21 Å². The first-order valence-corrected chi connectivity index (χ1v) is 6.65. The second kappa shape index (κ2) is 6.98. The van der Waals surface area contributed by atoms with Crippen molar-refractivity contribution in [3.63, 3.8) is 0 Å². The summed E-state index contributed by atoms with van der Waals surface area (Å²) in [6.45, 7) is 2.97. The number of aryl methyl sites for hydroxylation is 3. The van der Waals surface area contributed by atoms with Crippen molar-refractivity contribution in [1.29, 1.82) is 0 Å². The molecule has 8 nitrogen and oxygen atoms in total. The molecule has 114 valence electrons. The number of esters is 1. The summed E-state index contributed by atoms with van der Waals surface area (Å²) in [5.74, 6) is 0.474. The van der Waals surface area contributed by atoms with Gasteiger partial charge in [0.1, 0.15) is 12.4 Å². The van der Waals surface area contributed by atoms with Gasteiger partial charge in [-0.25, -0.2) is 14.5 Å². The minimum absolute atomic E-state index is 0.203. The van der Waals surface area contributed by atoms with Gasteiger partial charge in [0.25, 0.3) is 0 Å². The molecule has 0 aliphatic carbocycles. The van der Waals surface area contributed by atoms with Gasteiger partial charge in [0.05, 0.1) is 18.8 Å². The highest BCUT2D eigenvalue weighted by Crippen LogP contribution is 2.07. The first-order chi connectivity index (χ1) is 10.1. The minimum Gasteiger partial charge on any atom is -0.458 e. The molecule has 2 aromatic rings. The molecule has 0 atom stereocenters. The number of carbonyl (C=O) groups excluding carboxylic acids is 1. The summed E-state index contributed by atoms with van der Waals surface area (Å²) in [7, 11) is 3.49. The third-order valence-corrected chi connectivity index (χ3v) is 3.16. The van der Waals surface area contributed by atoms with Crippen LogP contribution in [-0.4, -0.2) is 50.8 Å². The molecule has 2 aromatic heterocycles. The molecular formula is C13H19N5O3. The summed E-state index contributed by atoms with van der Waals surface area (Å²) < 4.78 is 13.5. The van der Waals surface area contributed by atoms with Crippen LogP contribution in [0.25, 0.3) is 0 Å². The first kappa shape index (κ1) is 15.2. The van der Waals surface area contributed by atoms with Gasteiger partial charge in [-0.05, 0) is 6.92 Å². The Bertz CT molecular complexity index is 605. The fourth-order valence-electron chi connectivity index (χ4n) is 1.89. The van der Waals surface area contributed by atoms with E-state index in [-0.39, 0.29) is 12.3 Å². The fraction of sp³-hybridized carbons (Fsp3) is 0.538. The van der Waals surface area contributed by atoms with Gasteiger partial charge in [0.15, 0.2) is 5.69 Å². The summed E-state index contributed by atoms with van der Waals surface area (Å²) in [6.07, 6.45) is 4.36. The van der Waals surface area contributed by atoms with Crippen LogP contribution in [0.5, 0.6) is 0 Å². The summed E-state index contributed by atoms with van der Waals surface area (Å²) in [6, 6.07) is 0. The molecule has 0 aliphatic heterocycles. The Labute approximate surface area is 122 Å². The summed E-state index contributed by atoms with van der Waals surface area (Å²) in [5.41, 5.74) is 0.928. The van der Waals surface area contributed by atoms with Crippen molar-refractivity contribution >= 4 is 5.97 Å². The smallest absolute Gasteiger partial charge is 0.360 e. The average Bonchev–Trinajstić information content (AvgIpc) is 3.03. The average molecular weight is 293 g/mol. The SMILES string of the molecule is COCCOC(=O)c1nnn(CCc2nccn2C)c1C. The lowest BCUT2D eigenvalue weighted by Gasteiger charge is -2.05. The highest BCUT2D eigenvalue weighted by Gasteiger charge is 2.17. The van der Waals surface area contributed by atoms with Crippen molar-refractivity contribution in [2.45, 2.75) is 19.9 Å². The van der Waals surface area contributed by atoms with E-state index in [4.69, 9.17) is 9.47 Å². The predicted octanol–water partition coefficient (Wildman–Crippen LogP) is 0.366. The van der Waals surface area contributed by atoms with Crippen LogP contribution in [0.4, 0.5) is 0 Å². The van der Waals surface area contributed by atoms with Crippen molar-refractivity contribution in [2.75, 3.05) is 20.3 Å². The molecule has 0 N–H and O–H groups in total. The number of ether oxygens (including phenoxy) is 2. The molecule has 0 spiro atoms. The Kier molecular flexibility index (Phi) is 5.04. The topological polar surface area (TPSA) is 84.1 Å². The Morgan fingerprint density at radius 2 is 2.19 bits per heavy atom. The molecule has 2 heterocycles. The summed E-state index contributed by atoms with van der Waals surface area (Å²) in [5, 5.41) is 7.88. The van der Waals surface area contributed by atoms with Gasteiger partial charge in [-0.3, -0.25) is 0 Å². The van der Waals surface area contributed by atoms with E-state index in [1.54, 1.807) is 24.9 Å². The molecule has 0 radical (unpaired) electrons. The number of hydrogen-bond donors (Lipinski definition) is 0. The molecule has 0 unspecified atom stereocenters. The van der Waals surface area contributed by atoms with E-state index >= 15 is 0 Å². The normalized spacial score (nSPS) is 10.8. The monoisotopic (exact) mass is 293 g/mol. The standard InChI is InChI=1S/C13H19N5O3/c1-10-12(13(19)21-9-8-20-3)15-16-18(10)6-4-11-14-5-7-17(11)2/h5,7H,4,6,8-9H2,1-3H3. The van der Waals surface area contributed by atoms with Crippen LogP contribution in [-0.2, 0) is 29.5 Å². The Balaban J connectivity index is 1.96. The molecule has 8 heteroatoms. The van der Waals surface area contributed by atoms with Gasteiger partial charge in [0.2, 0.25) is 0 Å². The van der Waals surface area contributed by atoms with E-state index < -0.39 is 5.97 Å². The van der Waals surface area contributed by atoms with E-state index in [1.165, 1.54) is 0 Å². The summed E-state index contributed by atoms with van der Waals surface area (Å²) in [4.78, 5) is 16.1. The van der Waals surface area contributed by atoms with E-state index in [0.29, 0.717) is 25.3 Å². The number of nitrogens with zero attached hydrogens (tertiary/aromatic N) is 5. The maximum atomic E-state index is 11.8. The molecular weight excluding hydrogens is 274 g/mol. The van der Waals surface area contributed by atoms with Gasteiger partial charge < -0.3 is 14.0 Å². The van der Waals surface area contributed by atoms with Gasteiger partial charge in [-0.2, -0.15) is 0 Å². The third-order valence-electron chi connectivity index (χ3n) is 3.16. The van der Waals surface area contributed by atoms with Gasteiger partial charge in [0, 0.05) is 33.0 Å². The highest BCUT2D eigenvalue weighted by atomic mass is 16.6. The van der Waals surface area contributed by atoms with Crippen molar-refractivity contribution in [1.82, 2.24) is 24.5 Å². The minimum atomic E-state index is -0.479.